The number of carbonyl (C=O) groups is 2. The Hall–Kier alpha value is -3.07. The second-order valence-electron chi connectivity index (χ2n) is 6.89. The fraction of sp³-hybridized carbons (Fsp3) is 0.400. The van der Waals surface area contributed by atoms with Crippen LogP contribution >= 0.6 is 0 Å². The van der Waals surface area contributed by atoms with E-state index in [-0.39, 0.29) is 49.4 Å². The minimum Gasteiger partial charge on any atom is -0.501 e. The summed E-state index contributed by atoms with van der Waals surface area (Å²) in [4.78, 5) is 42.8. The second-order valence-corrected chi connectivity index (χ2v) is 6.89. The van der Waals surface area contributed by atoms with Gasteiger partial charge in [-0.25, -0.2) is 9.37 Å². The first kappa shape index (κ1) is 20.7. The van der Waals surface area contributed by atoms with Gasteiger partial charge in [0.05, 0.1) is 19.8 Å². The van der Waals surface area contributed by atoms with Crippen LogP contribution < -0.4 is 5.56 Å². The first-order valence-corrected chi connectivity index (χ1v) is 9.22. The number of hydrogen-bond acceptors (Lipinski definition) is 6. The predicted octanol–water partition coefficient (Wildman–Crippen LogP) is 1.45. The SMILES string of the molecule is CC(=O)N(C)C1COCCn2c1nc(C(=O)CCc1ccc(F)cc1)c(O)c2=O. The smallest absolute Gasteiger partial charge is 0.296 e. The topological polar surface area (TPSA) is 102 Å². The molecular formula is C20H22FN3O5. The first-order chi connectivity index (χ1) is 13.8. The Morgan fingerprint density at radius 3 is 2.69 bits per heavy atom. The standard InChI is InChI=1S/C20H22FN3O5/c1-12(25)23(2)15-11-29-10-9-24-19(15)22-17(18(27)20(24)28)16(26)8-5-13-3-6-14(21)7-4-13/h3-4,6-7,15,27H,5,8-11H2,1-2H3. The van der Waals surface area contributed by atoms with Gasteiger partial charge in [0.2, 0.25) is 11.7 Å². The fourth-order valence-electron chi connectivity index (χ4n) is 3.18. The molecule has 2 aromatic rings. The van der Waals surface area contributed by atoms with Gasteiger partial charge >= 0.3 is 0 Å². The second kappa shape index (κ2) is 8.52. The summed E-state index contributed by atoms with van der Waals surface area (Å²) < 4.78 is 19.7. The van der Waals surface area contributed by atoms with Gasteiger partial charge in [-0.15, -0.1) is 0 Å². The van der Waals surface area contributed by atoms with E-state index >= 15 is 0 Å². The van der Waals surface area contributed by atoms with E-state index in [9.17, 15) is 23.9 Å². The third kappa shape index (κ3) is 4.34. The lowest BCUT2D eigenvalue weighted by Gasteiger charge is -2.26. The fourth-order valence-corrected chi connectivity index (χ4v) is 3.18. The Morgan fingerprint density at radius 1 is 1.34 bits per heavy atom. The molecule has 1 aromatic heterocycles. The van der Waals surface area contributed by atoms with E-state index in [2.05, 4.69) is 4.98 Å². The van der Waals surface area contributed by atoms with Gasteiger partial charge in [0.25, 0.3) is 5.56 Å². The summed E-state index contributed by atoms with van der Waals surface area (Å²) in [5.74, 6) is -1.65. The zero-order valence-corrected chi connectivity index (χ0v) is 16.2. The number of likely N-dealkylation sites (N-methyl/N-ethyl adjacent to an activating group) is 1. The molecule has 0 radical (unpaired) electrons. The van der Waals surface area contributed by atoms with Crippen molar-refractivity contribution in [3.8, 4) is 5.75 Å². The highest BCUT2D eigenvalue weighted by atomic mass is 19.1. The summed E-state index contributed by atoms with van der Waals surface area (Å²) in [6.07, 6.45) is 0.289. The molecular weight excluding hydrogens is 381 g/mol. The van der Waals surface area contributed by atoms with Crippen molar-refractivity contribution in [1.82, 2.24) is 14.5 Å². The van der Waals surface area contributed by atoms with Crippen LogP contribution in [0.5, 0.6) is 5.75 Å². The van der Waals surface area contributed by atoms with Gasteiger partial charge in [0.1, 0.15) is 17.7 Å². The molecule has 8 nitrogen and oxygen atoms in total. The van der Waals surface area contributed by atoms with Crippen LogP contribution in [-0.2, 0) is 22.5 Å². The van der Waals surface area contributed by atoms with Gasteiger partial charge in [0.15, 0.2) is 11.5 Å². The quantitative estimate of drug-likeness (QED) is 0.759. The third-order valence-electron chi connectivity index (χ3n) is 4.99. The van der Waals surface area contributed by atoms with E-state index < -0.39 is 23.1 Å². The summed E-state index contributed by atoms with van der Waals surface area (Å²) in [7, 11) is 1.56. The number of aryl methyl sites for hydroxylation is 1. The highest BCUT2D eigenvalue weighted by molar-refractivity contribution is 5.96. The van der Waals surface area contributed by atoms with Crippen LogP contribution in [0.1, 0.15) is 41.3 Å². The number of ether oxygens (including phenoxy) is 1. The number of halogens is 1. The van der Waals surface area contributed by atoms with Gasteiger partial charge in [-0.05, 0) is 24.1 Å². The molecule has 2 heterocycles. The van der Waals surface area contributed by atoms with Crippen molar-refractivity contribution >= 4 is 11.7 Å². The summed E-state index contributed by atoms with van der Waals surface area (Å²) in [6, 6.07) is 5.07. The Bertz CT molecular complexity index is 987. The molecule has 3 rings (SSSR count). The Kier molecular flexibility index (Phi) is 6.07. The number of aromatic nitrogens is 2. The van der Waals surface area contributed by atoms with E-state index in [0.29, 0.717) is 6.42 Å². The van der Waals surface area contributed by atoms with Crippen molar-refractivity contribution in [2.75, 3.05) is 20.3 Å². The maximum absolute atomic E-state index is 13.0. The minimum atomic E-state index is -0.743. The van der Waals surface area contributed by atoms with Crippen LogP contribution in [0.2, 0.25) is 0 Å². The van der Waals surface area contributed by atoms with Crippen molar-refractivity contribution < 1.29 is 23.8 Å². The van der Waals surface area contributed by atoms with Crippen molar-refractivity contribution in [1.29, 1.82) is 0 Å². The van der Waals surface area contributed by atoms with Crippen molar-refractivity contribution in [2.45, 2.75) is 32.4 Å². The molecule has 0 saturated heterocycles. The molecule has 154 valence electrons. The molecule has 0 aliphatic carbocycles. The number of hydrogen-bond donors (Lipinski definition) is 1. The van der Waals surface area contributed by atoms with Crippen LogP contribution in [0.25, 0.3) is 0 Å². The number of Topliss-reactive ketones (excluding diaryl/α,β-unsaturated/α-hetero) is 1. The Labute approximate surface area is 166 Å². The van der Waals surface area contributed by atoms with Crippen LogP contribution in [0, 0.1) is 5.82 Å². The average molecular weight is 403 g/mol. The lowest BCUT2D eigenvalue weighted by Crippen LogP contribution is -2.36. The zero-order valence-electron chi connectivity index (χ0n) is 16.2. The summed E-state index contributed by atoms with van der Waals surface area (Å²) in [6.45, 7) is 1.87. The van der Waals surface area contributed by atoms with Crippen molar-refractivity contribution in [2.24, 2.45) is 0 Å². The highest BCUT2D eigenvalue weighted by Crippen LogP contribution is 2.23. The molecule has 1 amide bonds. The molecule has 1 unspecified atom stereocenters. The van der Waals surface area contributed by atoms with Gasteiger partial charge in [-0.3, -0.25) is 19.0 Å². The lowest BCUT2D eigenvalue weighted by atomic mass is 10.1. The van der Waals surface area contributed by atoms with E-state index in [1.54, 1.807) is 19.2 Å². The molecule has 9 heteroatoms. The number of benzene rings is 1. The van der Waals surface area contributed by atoms with Crippen molar-refractivity contribution in [3.05, 3.63) is 57.5 Å². The largest absolute Gasteiger partial charge is 0.501 e. The average Bonchev–Trinajstić information content (AvgIpc) is 2.91. The van der Waals surface area contributed by atoms with E-state index in [0.717, 1.165) is 5.56 Å². The molecule has 1 aliphatic rings. The third-order valence-corrected chi connectivity index (χ3v) is 4.99. The van der Waals surface area contributed by atoms with Crippen LogP contribution in [-0.4, -0.2) is 51.5 Å². The van der Waals surface area contributed by atoms with Crippen LogP contribution in [0.3, 0.4) is 0 Å². The molecule has 0 spiro atoms. The van der Waals surface area contributed by atoms with E-state index in [1.807, 2.05) is 0 Å². The maximum atomic E-state index is 13.0. The number of ketones is 1. The normalized spacial score (nSPS) is 16.0. The van der Waals surface area contributed by atoms with Gasteiger partial charge in [-0.1, -0.05) is 12.1 Å². The van der Waals surface area contributed by atoms with Crippen LogP contribution in [0.4, 0.5) is 4.39 Å². The number of amides is 1. The molecule has 1 N–H and O–H groups in total. The molecule has 0 bridgehead atoms. The van der Waals surface area contributed by atoms with Crippen LogP contribution in [0.15, 0.2) is 29.1 Å². The number of aromatic hydroxyl groups is 1. The Balaban J connectivity index is 1.94. The molecule has 1 aliphatic heterocycles. The summed E-state index contributed by atoms with van der Waals surface area (Å²) in [5.41, 5.74) is -0.326. The van der Waals surface area contributed by atoms with Gasteiger partial charge in [0, 0.05) is 20.4 Å². The molecule has 0 fully saturated rings. The zero-order chi connectivity index (χ0) is 21.1. The van der Waals surface area contributed by atoms with Crippen molar-refractivity contribution in [3.63, 3.8) is 0 Å². The van der Waals surface area contributed by atoms with Gasteiger partial charge < -0.3 is 14.7 Å². The summed E-state index contributed by atoms with van der Waals surface area (Å²) >= 11 is 0. The molecule has 1 aromatic carbocycles. The number of carbonyl (C=O) groups excluding carboxylic acids is 2. The molecule has 0 saturated carbocycles. The summed E-state index contributed by atoms with van der Waals surface area (Å²) in [5, 5.41) is 10.3. The number of rotatable bonds is 5. The monoisotopic (exact) mass is 403 g/mol. The lowest BCUT2D eigenvalue weighted by molar-refractivity contribution is -0.131. The molecule has 1 atom stereocenters. The number of fused-ring (bicyclic) bond motifs is 1. The maximum Gasteiger partial charge on any atom is 0.296 e. The number of nitrogens with zero attached hydrogens (tertiary/aromatic N) is 3. The predicted molar refractivity (Wildman–Crippen MR) is 101 cm³/mol. The first-order valence-electron chi connectivity index (χ1n) is 9.22. The van der Waals surface area contributed by atoms with E-state index in [1.165, 1.54) is 28.5 Å². The Morgan fingerprint density at radius 2 is 2.03 bits per heavy atom. The molecule has 29 heavy (non-hydrogen) atoms. The highest BCUT2D eigenvalue weighted by Gasteiger charge is 2.30. The van der Waals surface area contributed by atoms with Gasteiger partial charge in [-0.2, -0.15) is 0 Å². The minimum absolute atomic E-state index is 0.0151. The van der Waals surface area contributed by atoms with E-state index in [4.69, 9.17) is 4.74 Å².